The van der Waals surface area contributed by atoms with Crippen molar-refractivity contribution in [3.8, 4) is 17.2 Å². The monoisotopic (exact) mass is 250 g/mol. The van der Waals surface area contributed by atoms with Gasteiger partial charge in [-0.25, -0.2) is 0 Å². The smallest absolute Gasteiger partial charge is 0.161 e. The summed E-state index contributed by atoms with van der Waals surface area (Å²) in [4.78, 5) is 0. The van der Waals surface area contributed by atoms with E-state index in [-0.39, 0.29) is 11.5 Å². The van der Waals surface area contributed by atoms with Crippen LogP contribution in [-0.4, -0.2) is 10.2 Å². The summed E-state index contributed by atoms with van der Waals surface area (Å²) >= 11 is 5.77. The van der Waals surface area contributed by atoms with Crippen molar-refractivity contribution < 1.29 is 14.9 Å². The van der Waals surface area contributed by atoms with Crippen LogP contribution in [0.2, 0.25) is 5.02 Å². The zero-order valence-corrected chi connectivity index (χ0v) is 9.69. The molecule has 0 aliphatic heterocycles. The molecule has 2 rings (SSSR count). The van der Waals surface area contributed by atoms with Crippen LogP contribution in [0.25, 0.3) is 0 Å². The Balaban J connectivity index is 2.02. The summed E-state index contributed by atoms with van der Waals surface area (Å²) in [6.45, 7) is 0.376. The average Bonchev–Trinajstić information content (AvgIpc) is 2.33. The molecular weight excluding hydrogens is 240 g/mol. The van der Waals surface area contributed by atoms with Gasteiger partial charge in [-0.15, -0.1) is 0 Å². The SMILES string of the molecule is Oc1ccc(OCc2ccc(Cl)cc2)cc1O. The van der Waals surface area contributed by atoms with Gasteiger partial charge >= 0.3 is 0 Å². The largest absolute Gasteiger partial charge is 0.504 e. The first-order chi connectivity index (χ1) is 8.15. The van der Waals surface area contributed by atoms with Crippen molar-refractivity contribution in [1.29, 1.82) is 0 Å². The second-order valence-corrected chi connectivity index (χ2v) is 4.00. The number of phenols is 2. The fourth-order valence-corrected chi connectivity index (χ4v) is 1.47. The maximum atomic E-state index is 9.29. The van der Waals surface area contributed by atoms with Crippen molar-refractivity contribution in [2.24, 2.45) is 0 Å². The van der Waals surface area contributed by atoms with Gasteiger partial charge < -0.3 is 14.9 Å². The van der Waals surface area contributed by atoms with Gasteiger partial charge in [0.15, 0.2) is 11.5 Å². The third kappa shape index (κ3) is 3.04. The quantitative estimate of drug-likeness (QED) is 0.822. The van der Waals surface area contributed by atoms with Gasteiger partial charge in [0.25, 0.3) is 0 Å². The number of hydrogen-bond donors (Lipinski definition) is 2. The summed E-state index contributed by atoms with van der Waals surface area (Å²) in [5, 5.41) is 19.1. The lowest BCUT2D eigenvalue weighted by atomic mass is 10.2. The average molecular weight is 251 g/mol. The summed E-state index contributed by atoms with van der Waals surface area (Å²) in [7, 11) is 0. The third-order valence-corrected chi connectivity index (χ3v) is 2.52. The lowest BCUT2D eigenvalue weighted by Gasteiger charge is -2.07. The van der Waals surface area contributed by atoms with Gasteiger partial charge in [-0.1, -0.05) is 23.7 Å². The summed E-state index contributed by atoms with van der Waals surface area (Å²) in [6, 6.07) is 11.6. The van der Waals surface area contributed by atoms with E-state index in [1.807, 2.05) is 12.1 Å². The molecular formula is C13H11ClO3. The molecule has 0 atom stereocenters. The number of ether oxygens (including phenoxy) is 1. The number of rotatable bonds is 3. The van der Waals surface area contributed by atoms with E-state index in [9.17, 15) is 5.11 Å². The first kappa shape index (κ1) is 11.6. The molecule has 0 aliphatic carbocycles. The molecule has 17 heavy (non-hydrogen) atoms. The minimum absolute atomic E-state index is 0.163. The first-order valence-corrected chi connectivity index (χ1v) is 5.42. The molecule has 0 amide bonds. The highest BCUT2D eigenvalue weighted by atomic mass is 35.5. The highest BCUT2D eigenvalue weighted by Gasteiger charge is 2.01. The Morgan fingerprint density at radius 2 is 1.65 bits per heavy atom. The molecule has 2 N–H and O–H groups in total. The van der Waals surface area contributed by atoms with E-state index >= 15 is 0 Å². The summed E-state index contributed by atoms with van der Waals surface area (Å²) in [5.74, 6) is 0.137. The van der Waals surface area contributed by atoms with Crippen molar-refractivity contribution >= 4 is 11.6 Å². The summed E-state index contributed by atoms with van der Waals surface area (Å²) in [6.07, 6.45) is 0. The van der Waals surface area contributed by atoms with Crippen LogP contribution in [-0.2, 0) is 6.61 Å². The van der Waals surface area contributed by atoms with Gasteiger partial charge in [-0.05, 0) is 29.8 Å². The van der Waals surface area contributed by atoms with Crippen molar-refractivity contribution in [3.63, 3.8) is 0 Å². The van der Waals surface area contributed by atoms with Crippen LogP contribution >= 0.6 is 11.6 Å². The number of phenolic OH excluding ortho intramolecular Hbond substituents is 2. The Morgan fingerprint density at radius 1 is 0.941 bits per heavy atom. The Hall–Kier alpha value is -1.87. The highest BCUT2D eigenvalue weighted by Crippen LogP contribution is 2.29. The molecule has 0 fully saturated rings. The molecule has 4 heteroatoms. The molecule has 88 valence electrons. The van der Waals surface area contributed by atoms with Crippen molar-refractivity contribution in [3.05, 3.63) is 53.1 Å². The van der Waals surface area contributed by atoms with E-state index in [0.29, 0.717) is 17.4 Å². The topological polar surface area (TPSA) is 49.7 Å². The molecule has 0 radical (unpaired) electrons. The molecule has 0 unspecified atom stereocenters. The van der Waals surface area contributed by atoms with Crippen molar-refractivity contribution in [2.45, 2.75) is 6.61 Å². The van der Waals surface area contributed by atoms with Crippen LogP contribution in [0.5, 0.6) is 17.2 Å². The molecule has 0 saturated carbocycles. The second kappa shape index (κ2) is 4.97. The number of aromatic hydroxyl groups is 2. The van der Waals surface area contributed by atoms with Crippen molar-refractivity contribution in [2.75, 3.05) is 0 Å². The molecule has 0 bridgehead atoms. The minimum Gasteiger partial charge on any atom is -0.504 e. The highest BCUT2D eigenvalue weighted by molar-refractivity contribution is 6.30. The fraction of sp³-hybridized carbons (Fsp3) is 0.0769. The van der Waals surface area contributed by atoms with E-state index < -0.39 is 0 Å². The Morgan fingerprint density at radius 3 is 2.29 bits per heavy atom. The van der Waals surface area contributed by atoms with Gasteiger partial charge in [0, 0.05) is 11.1 Å². The fourth-order valence-electron chi connectivity index (χ4n) is 1.34. The lowest BCUT2D eigenvalue weighted by molar-refractivity contribution is 0.302. The van der Waals surface area contributed by atoms with Crippen molar-refractivity contribution in [1.82, 2.24) is 0 Å². The van der Waals surface area contributed by atoms with Crippen LogP contribution in [0.1, 0.15) is 5.56 Å². The summed E-state index contributed by atoms with van der Waals surface area (Å²) in [5.41, 5.74) is 0.974. The Bertz CT molecular complexity index is 509. The maximum Gasteiger partial charge on any atom is 0.161 e. The zero-order valence-electron chi connectivity index (χ0n) is 8.93. The number of halogens is 1. The molecule has 3 nitrogen and oxygen atoms in total. The molecule has 0 heterocycles. The zero-order chi connectivity index (χ0) is 12.3. The maximum absolute atomic E-state index is 9.29. The first-order valence-electron chi connectivity index (χ1n) is 5.04. The van der Waals surface area contributed by atoms with E-state index in [4.69, 9.17) is 21.4 Å². The predicted molar refractivity (Wildman–Crippen MR) is 65.6 cm³/mol. The summed E-state index contributed by atoms with van der Waals surface area (Å²) < 4.78 is 5.45. The van der Waals surface area contributed by atoms with Crippen LogP contribution in [0.15, 0.2) is 42.5 Å². The van der Waals surface area contributed by atoms with E-state index in [1.54, 1.807) is 18.2 Å². The molecule has 2 aromatic carbocycles. The predicted octanol–water partition coefficient (Wildman–Crippen LogP) is 3.33. The number of benzene rings is 2. The van der Waals surface area contributed by atoms with E-state index in [2.05, 4.69) is 0 Å². The lowest BCUT2D eigenvalue weighted by Crippen LogP contribution is -1.94. The molecule has 0 aromatic heterocycles. The number of hydrogen-bond acceptors (Lipinski definition) is 3. The minimum atomic E-state index is -0.196. The van der Waals surface area contributed by atoms with Crippen LogP contribution in [0.4, 0.5) is 0 Å². The van der Waals surface area contributed by atoms with Crippen LogP contribution in [0.3, 0.4) is 0 Å². The van der Waals surface area contributed by atoms with Gasteiger partial charge in [0.1, 0.15) is 12.4 Å². The molecule has 0 saturated heterocycles. The molecule has 2 aromatic rings. The third-order valence-electron chi connectivity index (χ3n) is 2.27. The Kier molecular flexibility index (Phi) is 3.40. The van der Waals surface area contributed by atoms with Gasteiger partial charge in [0.2, 0.25) is 0 Å². The standard InChI is InChI=1S/C13H11ClO3/c14-10-3-1-9(2-4-10)8-17-11-5-6-12(15)13(16)7-11/h1-7,15-16H,8H2. The second-order valence-electron chi connectivity index (χ2n) is 3.57. The van der Waals surface area contributed by atoms with E-state index in [0.717, 1.165) is 5.56 Å². The molecule has 0 spiro atoms. The Labute approximate surface area is 104 Å². The van der Waals surface area contributed by atoms with E-state index in [1.165, 1.54) is 12.1 Å². The van der Waals surface area contributed by atoms with Crippen LogP contribution in [0, 0.1) is 0 Å². The van der Waals surface area contributed by atoms with Gasteiger partial charge in [-0.3, -0.25) is 0 Å². The normalized spacial score (nSPS) is 10.2. The van der Waals surface area contributed by atoms with Crippen LogP contribution < -0.4 is 4.74 Å². The molecule has 0 aliphatic rings. The van der Waals surface area contributed by atoms with Gasteiger partial charge in [-0.2, -0.15) is 0 Å². The van der Waals surface area contributed by atoms with Gasteiger partial charge in [0.05, 0.1) is 0 Å².